The number of hydrazone groups is 1. The minimum absolute atomic E-state index is 0.152. The number of carboxylic acid groups (broad SMARTS) is 1. The van der Waals surface area contributed by atoms with Gasteiger partial charge in [0.1, 0.15) is 0 Å². The highest BCUT2D eigenvalue weighted by molar-refractivity contribution is 7.89. The normalized spacial score (nSPS) is 11.6. The van der Waals surface area contributed by atoms with Crippen molar-refractivity contribution in [3.05, 3.63) is 64.2 Å². The molecule has 24 heavy (non-hydrogen) atoms. The van der Waals surface area contributed by atoms with E-state index >= 15 is 0 Å². The molecule has 0 spiro atoms. The van der Waals surface area contributed by atoms with E-state index in [1.54, 1.807) is 38.1 Å². The predicted octanol–water partition coefficient (Wildman–Crippen LogP) is 2.62. The van der Waals surface area contributed by atoms with Gasteiger partial charge in [-0.05, 0) is 49.6 Å². The first kappa shape index (κ1) is 17.7. The number of carboxylic acids is 1. The third-order valence-corrected chi connectivity index (χ3v) is 4.94. The van der Waals surface area contributed by atoms with Crippen LogP contribution >= 0.6 is 0 Å². The molecular formula is C17H18N2O4S. The Morgan fingerprint density at radius 1 is 1.08 bits per heavy atom. The summed E-state index contributed by atoms with van der Waals surface area (Å²) in [6, 6.07) is 9.54. The van der Waals surface area contributed by atoms with Crippen molar-refractivity contribution in [2.75, 3.05) is 0 Å². The minimum atomic E-state index is -3.77. The number of nitrogens with zero attached hydrogens (tertiary/aromatic N) is 1. The molecular weight excluding hydrogens is 328 g/mol. The van der Waals surface area contributed by atoms with Crippen molar-refractivity contribution in [1.82, 2.24) is 4.83 Å². The quantitative estimate of drug-likeness (QED) is 0.642. The standard InChI is InChI=1S/C17H18N2O4S/c1-11-8-12(2)16(13(3)9-11)24(22,23)19-18-10-14-4-6-15(7-5-14)17(20)21/h4-10,19H,1-3H3,(H,20,21)/b18-10+. The zero-order valence-corrected chi connectivity index (χ0v) is 14.4. The highest BCUT2D eigenvalue weighted by Gasteiger charge is 2.19. The number of aryl methyl sites for hydroxylation is 3. The van der Waals surface area contributed by atoms with E-state index in [9.17, 15) is 13.2 Å². The van der Waals surface area contributed by atoms with Crippen LogP contribution in [0.15, 0.2) is 46.4 Å². The van der Waals surface area contributed by atoms with Crippen molar-refractivity contribution >= 4 is 22.2 Å². The smallest absolute Gasteiger partial charge is 0.335 e. The van der Waals surface area contributed by atoms with Crippen LogP contribution in [0.2, 0.25) is 0 Å². The minimum Gasteiger partial charge on any atom is -0.478 e. The number of hydrogen-bond donors (Lipinski definition) is 2. The van der Waals surface area contributed by atoms with Crippen molar-refractivity contribution in [1.29, 1.82) is 0 Å². The summed E-state index contributed by atoms with van der Waals surface area (Å²) in [7, 11) is -3.77. The fraction of sp³-hybridized carbons (Fsp3) is 0.176. The monoisotopic (exact) mass is 346 g/mol. The number of benzene rings is 2. The molecule has 0 aliphatic heterocycles. The van der Waals surface area contributed by atoms with Crippen molar-refractivity contribution in [2.24, 2.45) is 5.10 Å². The van der Waals surface area contributed by atoms with Gasteiger partial charge in [0.05, 0.1) is 16.7 Å². The second-order valence-corrected chi connectivity index (χ2v) is 7.11. The summed E-state index contributed by atoms with van der Waals surface area (Å²) in [4.78, 5) is 13.2. The van der Waals surface area contributed by atoms with Gasteiger partial charge in [-0.15, -0.1) is 0 Å². The van der Waals surface area contributed by atoms with Gasteiger partial charge in [0.15, 0.2) is 0 Å². The SMILES string of the molecule is Cc1cc(C)c(S(=O)(=O)N/N=C/c2ccc(C(=O)O)cc2)c(C)c1. The molecule has 0 fully saturated rings. The number of aromatic carboxylic acids is 1. The number of carbonyl (C=O) groups is 1. The number of nitrogens with one attached hydrogen (secondary N) is 1. The second kappa shape index (κ2) is 6.84. The first-order valence-electron chi connectivity index (χ1n) is 7.17. The Balaban J connectivity index is 2.20. The van der Waals surface area contributed by atoms with E-state index in [1.165, 1.54) is 18.3 Å². The molecule has 0 unspecified atom stereocenters. The Morgan fingerprint density at radius 3 is 2.12 bits per heavy atom. The van der Waals surface area contributed by atoms with E-state index in [1.807, 2.05) is 6.92 Å². The zero-order valence-electron chi connectivity index (χ0n) is 13.6. The second-order valence-electron chi connectivity index (χ2n) is 5.51. The summed E-state index contributed by atoms with van der Waals surface area (Å²) in [5.74, 6) is -1.02. The summed E-state index contributed by atoms with van der Waals surface area (Å²) in [5.41, 5.74) is 3.03. The molecule has 0 saturated carbocycles. The molecule has 0 radical (unpaired) electrons. The van der Waals surface area contributed by atoms with Crippen LogP contribution in [0.1, 0.15) is 32.6 Å². The molecule has 0 aliphatic carbocycles. The molecule has 0 atom stereocenters. The summed E-state index contributed by atoms with van der Waals surface area (Å²) in [6.45, 7) is 5.38. The van der Waals surface area contributed by atoms with Gasteiger partial charge in [0, 0.05) is 0 Å². The third-order valence-electron chi connectivity index (χ3n) is 3.42. The zero-order chi connectivity index (χ0) is 17.9. The van der Waals surface area contributed by atoms with E-state index in [-0.39, 0.29) is 10.5 Å². The summed E-state index contributed by atoms with van der Waals surface area (Å²) >= 11 is 0. The molecule has 0 heterocycles. The van der Waals surface area contributed by atoms with Crippen molar-refractivity contribution in [2.45, 2.75) is 25.7 Å². The highest BCUT2D eigenvalue weighted by atomic mass is 32.2. The van der Waals surface area contributed by atoms with Gasteiger partial charge in [-0.2, -0.15) is 13.5 Å². The predicted molar refractivity (Wildman–Crippen MR) is 92.0 cm³/mol. The fourth-order valence-corrected chi connectivity index (χ4v) is 3.77. The summed E-state index contributed by atoms with van der Waals surface area (Å²) < 4.78 is 24.8. The van der Waals surface area contributed by atoms with Gasteiger partial charge in [0.2, 0.25) is 0 Å². The van der Waals surface area contributed by atoms with Gasteiger partial charge in [-0.1, -0.05) is 29.8 Å². The van der Waals surface area contributed by atoms with Crippen LogP contribution in [0.5, 0.6) is 0 Å². The van der Waals surface area contributed by atoms with E-state index < -0.39 is 16.0 Å². The highest BCUT2D eigenvalue weighted by Crippen LogP contribution is 2.21. The van der Waals surface area contributed by atoms with Crippen molar-refractivity contribution in [3.63, 3.8) is 0 Å². The molecule has 2 rings (SSSR count). The Kier molecular flexibility index (Phi) is 5.04. The van der Waals surface area contributed by atoms with Crippen LogP contribution in [0, 0.1) is 20.8 Å². The number of sulfonamides is 1. The molecule has 0 amide bonds. The first-order chi connectivity index (χ1) is 11.2. The fourth-order valence-electron chi connectivity index (χ4n) is 2.52. The molecule has 0 aromatic heterocycles. The molecule has 0 bridgehead atoms. The van der Waals surface area contributed by atoms with Gasteiger partial charge in [-0.3, -0.25) is 0 Å². The van der Waals surface area contributed by atoms with Crippen LogP contribution in [-0.4, -0.2) is 25.7 Å². The Hall–Kier alpha value is -2.67. The van der Waals surface area contributed by atoms with Gasteiger partial charge >= 0.3 is 5.97 Å². The van der Waals surface area contributed by atoms with E-state index in [2.05, 4.69) is 9.93 Å². The topological polar surface area (TPSA) is 95.8 Å². The molecule has 2 aromatic rings. The number of hydrogen-bond acceptors (Lipinski definition) is 4. The maximum atomic E-state index is 12.4. The molecule has 126 valence electrons. The maximum Gasteiger partial charge on any atom is 0.335 e. The van der Waals surface area contributed by atoms with Gasteiger partial charge in [-0.25, -0.2) is 9.63 Å². The lowest BCUT2D eigenvalue weighted by Gasteiger charge is -2.11. The van der Waals surface area contributed by atoms with Crippen molar-refractivity contribution < 1.29 is 18.3 Å². The molecule has 2 aromatic carbocycles. The molecule has 6 nitrogen and oxygen atoms in total. The third kappa shape index (κ3) is 3.99. The summed E-state index contributed by atoms with van der Waals surface area (Å²) in [6.07, 6.45) is 1.32. The average molecular weight is 346 g/mol. The largest absolute Gasteiger partial charge is 0.478 e. The van der Waals surface area contributed by atoms with Crippen LogP contribution in [0.25, 0.3) is 0 Å². The van der Waals surface area contributed by atoms with E-state index in [0.717, 1.165) is 5.56 Å². The van der Waals surface area contributed by atoms with Crippen LogP contribution in [0.3, 0.4) is 0 Å². The van der Waals surface area contributed by atoms with Crippen LogP contribution in [0.4, 0.5) is 0 Å². The van der Waals surface area contributed by atoms with Gasteiger partial charge in [0.25, 0.3) is 10.0 Å². The summed E-state index contributed by atoms with van der Waals surface area (Å²) in [5, 5.41) is 12.6. The average Bonchev–Trinajstić information content (AvgIpc) is 2.46. The van der Waals surface area contributed by atoms with Crippen LogP contribution < -0.4 is 4.83 Å². The Labute approximate surface area is 140 Å². The lowest BCUT2D eigenvalue weighted by Crippen LogP contribution is -2.20. The van der Waals surface area contributed by atoms with E-state index in [0.29, 0.717) is 16.7 Å². The first-order valence-corrected chi connectivity index (χ1v) is 8.65. The lowest BCUT2D eigenvalue weighted by molar-refractivity contribution is 0.0697. The van der Waals surface area contributed by atoms with Crippen LogP contribution in [-0.2, 0) is 10.0 Å². The molecule has 7 heteroatoms. The Bertz CT molecular complexity index is 878. The van der Waals surface area contributed by atoms with E-state index in [4.69, 9.17) is 5.11 Å². The Morgan fingerprint density at radius 2 is 1.62 bits per heavy atom. The molecule has 0 saturated heterocycles. The van der Waals surface area contributed by atoms with Gasteiger partial charge < -0.3 is 5.11 Å². The number of rotatable bonds is 5. The molecule has 2 N–H and O–H groups in total. The molecule has 0 aliphatic rings. The van der Waals surface area contributed by atoms with Crippen molar-refractivity contribution in [3.8, 4) is 0 Å². The maximum absolute atomic E-state index is 12.4. The lowest BCUT2D eigenvalue weighted by atomic mass is 10.1.